The van der Waals surface area contributed by atoms with Gasteiger partial charge >= 0.3 is 0 Å². The van der Waals surface area contributed by atoms with Crippen molar-refractivity contribution in [2.24, 2.45) is 0 Å². The molecule has 0 bridgehead atoms. The van der Waals surface area contributed by atoms with Gasteiger partial charge in [-0.25, -0.2) is 8.42 Å². The van der Waals surface area contributed by atoms with E-state index < -0.39 is 9.84 Å². The third-order valence-electron chi connectivity index (χ3n) is 6.50. The number of rotatable bonds is 6. The van der Waals surface area contributed by atoms with E-state index in [0.717, 1.165) is 25.2 Å². The Morgan fingerprint density at radius 1 is 0.963 bits per heavy atom. The summed E-state index contributed by atoms with van der Waals surface area (Å²) in [6, 6.07) is 8.44. The Hall–Kier alpha value is -0.910. The second-order valence-electron chi connectivity index (χ2n) is 8.67. The zero-order valence-electron chi connectivity index (χ0n) is 17.2. The first-order valence-electron chi connectivity index (χ1n) is 10.7. The summed E-state index contributed by atoms with van der Waals surface area (Å²) in [7, 11) is -3.29. The number of sulfone groups is 1. The molecule has 3 unspecified atom stereocenters. The van der Waals surface area contributed by atoms with Crippen LogP contribution in [0.25, 0.3) is 0 Å². The zero-order valence-corrected chi connectivity index (χ0v) is 18.0. The molecule has 0 N–H and O–H groups in total. The summed E-state index contributed by atoms with van der Waals surface area (Å²) in [6.45, 7) is 9.56. The van der Waals surface area contributed by atoms with Crippen LogP contribution >= 0.6 is 0 Å². The number of benzene rings is 1. The van der Waals surface area contributed by atoms with Gasteiger partial charge in [-0.1, -0.05) is 30.5 Å². The van der Waals surface area contributed by atoms with Crippen molar-refractivity contribution in [1.82, 2.24) is 9.80 Å². The maximum absolute atomic E-state index is 13.2. The van der Waals surface area contributed by atoms with Crippen molar-refractivity contribution in [1.29, 1.82) is 0 Å². The molecule has 5 heteroatoms. The Balaban J connectivity index is 1.80. The van der Waals surface area contributed by atoms with Gasteiger partial charge in [0, 0.05) is 24.7 Å². The Morgan fingerprint density at radius 3 is 2.22 bits per heavy atom. The van der Waals surface area contributed by atoms with Crippen molar-refractivity contribution in [3.05, 3.63) is 29.8 Å². The molecular weight excluding hydrogens is 356 g/mol. The average Bonchev–Trinajstić information content (AvgIpc) is 2.63. The summed E-state index contributed by atoms with van der Waals surface area (Å²) >= 11 is 0. The molecule has 2 heterocycles. The molecule has 4 nitrogen and oxygen atoms in total. The SMILES string of the molecule is Cc1ccc(S(=O)(=O)CC(CN2CCCCC2C)N2CCCCC2C)cc1. The van der Waals surface area contributed by atoms with Crippen LogP contribution in [0.2, 0.25) is 0 Å². The van der Waals surface area contributed by atoms with Crippen LogP contribution < -0.4 is 0 Å². The fourth-order valence-corrected chi connectivity index (χ4v) is 6.26. The molecule has 0 aromatic heterocycles. The lowest BCUT2D eigenvalue weighted by molar-refractivity contribution is 0.0642. The van der Waals surface area contributed by atoms with Crippen molar-refractivity contribution in [3.8, 4) is 0 Å². The minimum atomic E-state index is -3.29. The van der Waals surface area contributed by atoms with Gasteiger partial charge in [-0.3, -0.25) is 9.80 Å². The van der Waals surface area contributed by atoms with Crippen LogP contribution in [-0.4, -0.2) is 61.7 Å². The van der Waals surface area contributed by atoms with Gasteiger partial charge in [-0.15, -0.1) is 0 Å². The first-order chi connectivity index (χ1) is 12.9. The van der Waals surface area contributed by atoms with E-state index in [1.807, 2.05) is 19.1 Å². The van der Waals surface area contributed by atoms with E-state index in [1.165, 1.54) is 38.5 Å². The monoisotopic (exact) mass is 392 g/mol. The Labute approximate surface area is 165 Å². The van der Waals surface area contributed by atoms with Gasteiger partial charge in [0.15, 0.2) is 9.84 Å². The summed E-state index contributed by atoms with van der Waals surface area (Å²) in [5.41, 5.74) is 1.09. The lowest BCUT2D eigenvalue weighted by atomic mass is 9.99. The summed E-state index contributed by atoms with van der Waals surface area (Å²) in [4.78, 5) is 5.48. The van der Waals surface area contributed by atoms with Gasteiger partial charge in [0.1, 0.15) is 0 Å². The minimum Gasteiger partial charge on any atom is -0.299 e. The molecule has 2 aliphatic rings. The van der Waals surface area contributed by atoms with E-state index in [9.17, 15) is 8.42 Å². The Bertz CT molecular complexity index is 702. The number of likely N-dealkylation sites (tertiary alicyclic amines) is 2. The van der Waals surface area contributed by atoms with E-state index in [0.29, 0.717) is 17.0 Å². The number of aryl methyl sites for hydroxylation is 1. The molecule has 2 fully saturated rings. The van der Waals surface area contributed by atoms with E-state index in [4.69, 9.17) is 0 Å². The third-order valence-corrected chi connectivity index (χ3v) is 8.32. The normalized spacial score (nSPS) is 26.8. The van der Waals surface area contributed by atoms with Crippen LogP contribution in [0.5, 0.6) is 0 Å². The number of piperidine rings is 2. The maximum Gasteiger partial charge on any atom is 0.179 e. The van der Waals surface area contributed by atoms with E-state index in [-0.39, 0.29) is 11.8 Å². The molecule has 0 spiro atoms. The van der Waals surface area contributed by atoms with Crippen LogP contribution in [0.15, 0.2) is 29.2 Å². The molecule has 27 heavy (non-hydrogen) atoms. The third kappa shape index (κ3) is 5.33. The summed E-state index contributed by atoms with van der Waals surface area (Å²) < 4.78 is 26.4. The zero-order chi connectivity index (χ0) is 19.4. The second kappa shape index (κ2) is 9.06. The largest absolute Gasteiger partial charge is 0.299 e. The predicted molar refractivity (Wildman–Crippen MR) is 112 cm³/mol. The van der Waals surface area contributed by atoms with Crippen molar-refractivity contribution in [2.75, 3.05) is 25.4 Å². The van der Waals surface area contributed by atoms with Gasteiger partial charge in [-0.2, -0.15) is 0 Å². The number of nitrogens with zero attached hydrogens (tertiary/aromatic N) is 2. The molecule has 152 valence electrons. The first-order valence-corrected chi connectivity index (χ1v) is 12.3. The highest BCUT2D eigenvalue weighted by atomic mass is 32.2. The quantitative estimate of drug-likeness (QED) is 0.736. The van der Waals surface area contributed by atoms with Crippen LogP contribution in [0.1, 0.15) is 57.9 Å². The Kier molecular flexibility index (Phi) is 6.98. The van der Waals surface area contributed by atoms with Crippen molar-refractivity contribution in [2.45, 2.75) is 82.3 Å². The number of hydrogen-bond acceptors (Lipinski definition) is 4. The van der Waals surface area contributed by atoms with E-state index in [2.05, 4.69) is 23.6 Å². The Morgan fingerprint density at radius 2 is 1.59 bits per heavy atom. The lowest BCUT2D eigenvalue weighted by Crippen LogP contribution is -2.54. The summed E-state index contributed by atoms with van der Waals surface area (Å²) in [5, 5.41) is 0. The molecule has 0 radical (unpaired) electrons. The minimum absolute atomic E-state index is 0.0761. The van der Waals surface area contributed by atoms with Crippen LogP contribution in [0.3, 0.4) is 0 Å². The topological polar surface area (TPSA) is 40.6 Å². The van der Waals surface area contributed by atoms with E-state index in [1.54, 1.807) is 12.1 Å². The molecule has 0 amide bonds. The summed E-state index contributed by atoms with van der Waals surface area (Å²) in [5.74, 6) is 0.226. The second-order valence-corrected chi connectivity index (χ2v) is 10.7. The molecule has 0 aliphatic carbocycles. The molecule has 1 aromatic carbocycles. The molecular formula is C22H36N2O2S. The molecule has 0 saturated carbocycles. The average molecular weight is 393 g/mol. The molecule has 1 aromatic rings. The maximum atomic E-state index is 13.2. The lowest BCUT2D eigenvalue weighted by Gasteiger charge is -2.43. The smallest absolute Gasteiger partial charge is 0.179 e. The van der Waals surface area contributed by atoms with Crippen LogP contribution in [0.4, 0.5) is 0 Å². The van der Waals surface area contributed by atoms with Gasteiger partial charge < -0.3 is 0 Å². The predicted octanol–water partition coefficient (Wildman–Crippen LogP) is 3.89. The van der Waals surface area contributed by atoms with E-state index >= 15 is 0 Å². The standard InChI is InChI=1S/C22H36N2O2S/c1-18-10-12-22(13-11-18)27(25,26)17-21(24-15-7-5-9-20(24)3)16-23-14-6-4-8-19(23)2/h10-13,19-21H,4-9,14-17H2,1-3H3. The highest BCUT2D eigenvalue weighted by molar-refractivity contribution is 7.91. The fourth-order valence-electron chi connectivity index (χ4n) is 4.71. The summed E-state index contributed by atoms with van der Waals surface area (Å²) in [6.07, 6.45) is 7.38. The molecule has 2 aliphatic heterocycles. The van der Waals surface area contributed by atoms with Gasteiger partial charge in [-0.05, 0) is 71.7 Å². The van der Waals surface area contributed by atoms with Crippen LogP contribution in [0, 0.1) is 6.92 Å². The van der Waals surface area contributed by atoms with Crippen molar-refractivity contribution in [3.63, 3.8) is 0 Å². The molecule has 3 rings (SSSR count). The molecule has 3 atom stereocenters. The fraction of sp³-hybridized carbons (Fsp3) is 0.727. The number of hydrogen-bond donors (Lipinski definition) is 0. The highest BCUT2D eigenvalue weighted by Gasteiger charge is 2.33. The van der Waals surface area contributed by atoms with Crippen molar-refractivity contribution >= 4 is 9.84 Å². The van der Waals surface area contributed by atoms with Gasteiger partial charge in [0.2, 0.25) is 0 Å². The molecule has 2 saturated heterocycles. The van der Waals surface area contributed by atoms with Gasteiger partial charge in [0.05, 0.1) is 10.6 Å². The van der Waals surface area contributed by atoms with Gasteiger partial charge in [0.25, 0.3) is 0 Å². The first kappa shape index (κ1) is 20.8. The van der Waals surface area contributed by atoms with Crippen LogP contribution in [-0.2, 0) is 9.84 Å². The van der Waals surface area contributed by atoms with Crippen molar-refractivity contribution < 1.29 is 8.42 Å². The highest BCUT2D eigenvalue weighted by Crippen LogP contribution is 2.25.